The zero-order chi connectivity index (χ0) is 19.6. The largest absolute Gasteiger partial charge is 0.494 e. The van der Waals surface area contributed by atoms with Crippen LogP contribution in [-0.4, -0.2) is 30.0 Å². The first-order chi connectivity index (χ1) is 12.8. The molecule has 1 saturated heterocycles. The fourth-order valence-electron chi connectivity index (χ4n) is 3.02. The van der Waals surface area contributed by atoms with Crippen LogP contribution in [0.4, 0.5) is 4.79 Å². The lowest BCUT2D eigenvalue weighted by Crippen LogP contribution is -2.41. The van der Waals surface area contributed by atoms with Gasteiger partial charge in [0, 0.05) is 6.54 Å². The van der Waals surface area contributed by atoms with Crippen LogP contribution in [0.2, 0.25) is 10.0 Å². The molecule has 2 aromatic carbocycles. The lowest BCUT2D eigenvalue weighted by molar-refractivity contribution is -0.131. The highest BCUT2D eigenvalue weighted by atomic mass is 35.5. The highest BCUT2D eigenvalue weighted by Crippen LogP contribution is 2.33. The van der Waals surface area contributed by atoms with Gasteiger partial charge in [-0.1, -0.05) is 41.4 Å². The molecule has 7 heteroatoms. The van der Waals surface area contributed by atoms with Crippen molar-refractivity contribution in [1.29, 1.82) is 0 Å². The van der Waals surface area contributed by atoms with Crippen molar-refractivity contribution < 1.29 is 14.3 Å². The molecule has 1 fully saturated rings. The molecular formula is C20H20Cl2N2O3. The number of hydrogen-bond donors (Lipinski definition) is 1. The van der Waals surface area contributed by atoms with Gasteiger partial charge in [0.05, 0.1) is 16.7 Å². The van der Waals surface area contributed by atoms with E-state index in [2.05, 4.69) is 5.32 Å². The number of aryl methyl sites for hydroxylation is 1. The number of rotatable bonds is 6. The lowest BCUT2D eigenvalue weighted by Gasteiger charge is -2.22. The molecular weight excluding hydrogens is 387 g/mol. The van der Waals surface area contributed by atoms with Crippen LogP contribution in [0.1, 0.15) is 24.5 Å². The molecule has 142 valence electrons. The Kier molecular flexibility index (Phi) is 5.63. The average Bonchev–Trinajstić information content (AvgIpc) is 2.84. The molecule has 5 nitrogen and oxygen atoms in total. The highest BCUT2D eigenvalue weighted by molar-refractivity contribution is 6.42. The van der Waals surface area contributed by atoms with Crippen LogP contribution in [0.25, 0.3) is 0 Å². The summed E-state index contributed by atoms with van der Waals surface area (Å²) >= 11 is 12.0. The molecule has 27 heavy (non-hydrogen) atoms. The Balaban J connectivity index is 1.62. The van der Waals surface area contributed by atoms with Gasteiger partial charge in [0.1, 0.15) is 11.3 Å². The minimum absolute atomic E-state index is 0.271. The van der Waals surface area contributed by atoms with Gasteiger partial charge < -0.3 is 10.1 Å². The van der Waals surface area contributed by atoms with E-state index in [4.69, 9.17) is 27.9 Å². The Morgan fingerprint density at radius 3 is 2.59 bits per heavy atom. The predicted octanol–water partition coefficient (Wildman–Crippen LogP) is 4.54. The second-order valence-corrected chi connectivity index (χ2v) is 7.47. The molecule has 1 aliphatic heterocycles. The van der Waals surface area contributed by atoms with E-state index < -0.39 is 11.6 Å². The third-order valence-corrected chi connectivity index (χ3v) is 5.30. The van der Waals surface area contributed by atoms with Crippen molar-refractivity contribution in [3.8, 4) is 5.75 Å². The summed E-state index contributed by atoms with van der Waals surface area (Å²) in [5.74, 6) is 0.453. The van der Waals surface area contributed by atoms with E-state index in [0.717, 1.165) is 11.3 Å². The molecule has 1 unspecified atom stereocenters. The van der Waals surface area contributed by atoms with Crippen LogP contribution in [-0.2, 0) is 10.3 Å². The maximum Gasteiger partial charge on any atom is 0.325 e. The molecule has 0 aliphatic carbocycles. The predicted molar refractivity (Wildman–Crippen MR) is 105 cm³/mol. The number of amides is 3. The molecule has 0 aromatic heterocycles. The number of urea groups is 1. The third-order valence-electron chi connectivity index (χ3n) is 4.56. The topological polar surface area (TPSA) is 58.6 Å². The van der Waals surface area contributed by atoms with Crippen molar-refractivity contribution in [2.24, 2.45) is 0 Å². The first-order valence-electron chi connectivity index (χ1n) is 8.60. The first-order valence-corrected chi connectivity index (χ1v) is 9.36. The van der Waals surface area contributed by atoms with Crippen molar-refractivity contribution in [3.05, 3.63) is 63.6 Å². The second-order valence-electron chi connectivity index (χ2n) is 6.66. The summed E-state index contributed by atoms with van der Waals surface area (Å²) in [6.07, 6.45) is 0.532. The van der Waals surface area contributed by atoms with Gasteiger partial charge >= 0.3 is 6.03 Å². The summed E-state index contributed by atoms with van der Waals surface area (Å²) < 4.78 is 5.68. The van der Waals surface area contributed by atoms with Crippen LogP contribution in [0.3, 0.4) is 0 Å². The molecule has 3 amide bonds. The molecule has 0 bridgehead atoms. The fraction of sp³-hybridized carbons (Fsp3) is 0.300. The number of carbonyl (C=O) groups is 2. The van der Waals surface area contributed by atoms with Crippen molar-refractivity contribution in [2.75, 3.05) is 13.2 Å². The van der Waals surface area contributed by atoms with Crippen molar-refractivity contribution in [1.82, 2.24) is 10.2 Å². The van der Waals surface area contributed by atoms with Crippen molar-refractivity contribution in [3.63, 3.8) is 0 Å². The monoisotopic (exact) mass is 406 g/mol. The SMILES string of the molecule is Cc1cccc(OCCCN2C(=O)NC(C)(c3ccc(Cl)c(Cl)c3)C2=O)c1. The number of hydrogen-bond acceptors (Lipinski definition) is 3. The van der Waals surface area contributed by atoms with E-state index in [0.29, 0.717) is 28.6 Å². The summed E-state index contributed by atoms with van der Waals surface area (Å²) in [7, 11) is 0. The summed E-state index contributed by atoms with van der Waals surface area (Å²) in [5, 5.41) is 3.48. The number of nitrogens with one attached hydrogen (secondary N) is 1. The Labute approximate surface area is 168 Å². The molecule has 1 heterocycles. The van der Waals surface area contributed by atoms with Gasteiger partial charge in [-0.25, -0.2) is 4.79 Å². The van der Waals surface area contributed by atoms with Gasteiger partial charge in [-0.15, -0.1) is 0 Å². The van der Waals surface area contributed by atoms with Crippen LogP contribution < -0.4 is 10.1 Å². The van der Waals surface area contributed by atoms with Gasteiger partial charge in [-0.3, -0.25) is 9.69 Å². The number of carbonyl (C=O) groups excluding carboxylic acids is 2. The molecule has 0 saturated carbocycles. The summed E-state index contributed by atoms with van der Waals surface area (Å²) in [4.78, 5) is 26.4. The maximum absolute atomic E-state index is 12.9. The molecule has 2 aromatic rings. The van der Waals surface area contributed by atoms with Gasteiger partial charge in [-0.2, -0.15) is 0 Å². The maximum atomic E-state index is 12.9. The average molecular weight is 407 g/mol. The molecule has 1 N–H and O–H groups in total. The van der Waals surface area contributed by atoms with E-state index in [1.807, 2.05) is 31.2 Å². The van der Waals surface area contributed by atoms with E-state index in [-0.39, 0.29) is 12.5 Å². The Morgan fingerprint density at radius 1 is 1.11 bits per heavy atom. The van der Waals surface area contributed by atoms with Crippen LogP contribution >= 0.6 is 23.2 Å². The van der Waals surface area contributed by atoms with Gasteiger partial charge in [0.2, 0.25) is 0 Å². The smallest absolute Gasteiger partial charge is 0.325 e. The quantitative estimate of drug-likeness (QED) is 0.565. The summed E-state index contributed by atoms with van der Waals surface area (Å²) in [6, 6.07) is 12.2. The summed E-state index contributed by atoms with van der Waals surface area (Å²) in [6.45, 7) is 4.33. The normalized spacial score (nSPS) is 19.3. The third kappa shape index (κ3) is 4.04. The van der Waals surface area contributed by atoms with Gasteiger partial charge in [0.25, 0.3) is 5.91 Å². The molecule has 0 spiro atoms. The molecule has 3 rings (SSSR count). The minimum atomic E-state index is -1.16. The van der Waals surface area contributed by atoms with E-state index in [1.165, 1.54) is 4.90 Å². The first kappa shape index (κ1) is 19.5. The fourth-order valence-corrected chi connectivity index (χ4v) is 3.32. The van der Waals surface area contributed by atoms with Crippen LogP contribution in [0, 0.1) is 6.92 Å². The van der Waals surface area contributed by atoms with E-state index >= 15 is 0 Å². The Hall–Kier alpha value is -2.24. The number of benzene rings is 2. The zero-order valence-electron chi connectivity index (χ0n) is 15.1. The van der Waals surface area contributed by atoms with Crippen LogP contribution in [0.5, 0.6) is 5.75 Å². The second kappa shape index (κ2) is 7.79. The lowest BCUT2D eigenvalue weighted by atomic mass is 9.92. The van der Waals surface area contributed by atoms with Crippen LogP contribution in [0.15, 0.2) is 42.5 Å². The molecule has 0 radical (unpaired) electrons. The Bertz CT molecular complexity index is 887. The van der Waals surface area contributed by atoms with Gasteiger partial charge in [-0.05, 0) is 55.7 Å². The Morgan fingerprint density at radius 2 is 1.89 bits per heavy atom. The van der Waals surface area contributed by atoms with Crippen molar-refractivity contribution >= 4 is 35.1 Å². The highest BCUT2D eigenvalue weighted by Gasteiger charge is 2.48. The van der Waals surface area contributed by atoms with Gasteiger partial charge in [0.15, 0.2) is 0 Å². The standard InChI is InChI=1S/C20H20Cl2N2O3/c1-13-5-3-6-15(11-13)27-10-4-9-24-18(25)20(2,23-19(24)26)14-7-8-16(21)17(22)12-14/h3,5-8,11-12H,4,9-10H2,1-2H3,(H,23,26). The molecule has 1 aliphatic rings. The minimum Gasteiger partial charge on any atom is -0.494 e. The number of ether oxygens (including phenoxy) is 1. The van der Waals surface area contributed by atoms with E-state index in [9.17, 15) is 9.59 Å². The number of imide groups is 1. The zero-order valence-corrected chi connectivity index (χ0v) is 16.6. The number of nitrogens with zero attached hydrogens (tertiary/aromatic N) is 1. The molecule has 1 atom stereocenters. The number of halogens is 2. The summed E-state index contributed by atoms with van der Waals surface area (Å²) in [5.41, 5.74) is 0.538. The van der Waals surface area contributed by atoms with E-state index in [1.54, 1.807) is 25.1 Å². The van der Waals surface area contributed by atoms with Crippen molar-refractivity contribution in [2.45, 2.75) is 25.8 Å².